The number of hydrogen-bond donors (Lipinski definition) is 1. The summed E-state index contributed by atoms with van der Waals surface area (Å²) < 4.78 is 5.61. The third-order valence-corrected chi connectivity index (χ3v) is 6.84. The molecule has 0 spiro atoms. The zero-order valence-corrected chi connectivity index (χ0v) is 15.7. The van der Waals surface area contributed by atoms with E-state index >= 15 is 0 Å². The number of carbonyl (C=O) groups is 1. The highest BCUT2D eigenvalue weighted by atomic mass is 16.5. The molecule has 0 aliphatic heterocycles. The summed E-state index contributed by atoms with van der Waals surface area (Å²) in [6.45, 7) is 2.17. The van der Waals surface area contributed by atoms with Gasteiger partial charge in [-0.15, -0.1) is 0 Å². The number of nitrogens with one attached hydrogen (secondary N) is 1. The first-order valence-electron chi connectivity index (χ1n) is 10.1. The summed E-state index contributed by atoms with van der Waals surface area (Å²) in [5, 5.41) is 3.25. The molecule has 2 fully saturated rings. The van der Waals surface area contributed by atoms with Gasteiger partial charge >= 0.3 is 0 Å². The van der Waals surface area contributed by atoms with Crippen molar-refractivity contribution in [2.45, 2.75) is 71.1 Å². The molecular weight excluding hydrogens is 310 g/mol. The van der Waals surface area contributed by atoms with Gasteiger partial charge in [-0.25, -0.2) is 0 Å². The first-order valence-corrected chi connectivity index (χ1v) is 10.1. The van der Waals surface area contributed by atoms with Crippen molar-refractivity contribution in [2.75, 3.05) is 12.4 Å². The van der Waals surface area contributed by atoms with Crippen LogP contribution in [0.25, 0.3) is 0 Å². The zero-order chi connectivity index (χ0) is 17.4. The molecule has 0 heterocycles. The molecule has 2 bridgehead atoms. The van der Waals surface area contributed by atoms with Crippen molar-refractivity contribution < 1.29 is 9.53 Å². The minimum absolute atomic E-state index is 0.191. The number of methoxy groups -OCH3 is 1. The molecule has 3 aliphatic carbocycles. The molecule has 1 unspecified atom stereocenters. The number of aryl methyl sites for hydroxylation is 2. The Bertz CT molecular complexity index is 654. The molecule has 0 radical (unpaired) electrons. The third-order valence-electron chi connectivity index (χ3n) is 6.84. The minimum atomic E-state index is -0.220. The molecule has 2 saturated carbocycles. The first-order chi connectivity index (χ1) is 12.1. The maximum atomic E-state index is 13.1. The molecule has 4 rings (SSSR count). The maximum absolute atomic E-state index is 13.1. The quantitative estimate of drug-likeness (QED) is 0.775. The lowest BCUT2D eigenvalue weighted by molar-refractivity contribution is -0.127. The summed E-state index contributed by atoms with van der Waals surface area (Å²) in [7, 11) is 1.70. The predicted octanol–water partition coefficient (Wildman–Crippen LogP) is 5.12. The summed E-state index contributed by atoms with van der Waals surface area (Å²) in [5.41, 5.74) is 3.44. The predicted molar refractivity (Wildman–Crippen MR) is 101 cm³/mol. The number of fused-ring (bicyclic) bond motifs is 3. The smallest absolute Gasteiger partial charge is 0.230 e. The van der Waals surface area contributed by atoms with Gasteiger partial charge in [0.1, 0.15) is 5.75 Å². The summed E-state index contributed by atoms with van der Waals surface area (Å²) in [6.07, 6.45) is 12.1. The molecule has 3 atom stereocenters. The van der Waals surface area contributed by atoms with Crippen molar-refractivity contribution in [1.82, 2.24) is 0 Å². The molecular formula is C22H31NO2. The van der Waals surface area contributed by atoms with Gasteiger partial charge in [-0.1, -0.05) is 26.2 Å². The topological polar surface area (TPSA) is 38.3 Å². The van der Waals surface area contributed by atoms with Crippen molar-refractivity contribution in [3.05, 3.63) is 23.3 Å². The van der Waals surface area contributed by atoms with E-state index in [1.54, 1.807) is 7.11 Å². The normalized spacial score (nSPS) is 31.1. The largest absolute Gasteiger partial charge is 0.495 e. The standard InChI is InChI=1S/C22H31NO2/c1-22(13-15-8-9-16(10-15)14-22)21(24)23-19-11-17-6-4-3-5-7-18(17)12-20(19)25-2/h11-12,15-16H,3-10,13-14H2,1-2H3,(H,23,24)/t15-,16+,22?. The average molecular weight is 341 g/mol. The number of carbonyl (C=O) groups excluding carboxylic acids is 1. The van der Waals surface area contributed by atoms with Gasteiger partial charge in [-0.3, -0.25) is 4.79 Å². The second kappa shape index (κ2) is 6.66. The molecule has 1 amide bonds. The van der Waals surface area contributed by atoms with Crippen LogP contribution in [-0.4, -0.2) is 13.0 Å². The van der Waals surface area contributed by atoms with Gasteiger partial charge in [0.05, 0.1) is 12.8 Å². The fourth-order valence-corrected chi connectivity index (χ4v) is 5.57. The number of hydrogen-bond acceptors (Lipinski definition) is 2. The number of ether oxygens (including phenoxy) is 1. The van der Waals surface area contributed by atoms with Gasteiger partial charge in [0.2, 0.25) is 5.91 Å². The Morgan fingerprint density at radius 1 is 1.08 bits per heavy atom. The Balaban J connectivity index is 1.57. The van der Waals surface area contributed by atoms with Crippen molar-refractivity contribution in [2.24, 2.45) is 17.3 Å². The summed E-state index contributed by atoms with van der Waals surface area (Å²) >= 11 is 0. The maximum Gasteiger partial charge on any atom is 0.230 e. The van der Waals surface area contributed by atoms with Crippen LogP contribution in [0, 0.1) is 17.3 Å². The highest BCUT2D eigenvalue weighted by molar-refractivity contribution is 5.96. The van der Waals surface area contributed by atoms with Crippen molar-refractivity contribution in [1.29, 1.82) is 0 Å². The molecule has 3 nitrogen and oxygen atoms in total. The molecule has 0 saturated heterocycles. The number of rotatable bonds is 3. The van der Waals surface area contributed by atoms with Gasteiger partial charge in [0, 0.05) is 5.41 Å². The summed E-state index contributed by atoms with van der Waals surface area (Å²) in [5.74, 6) is 2.51. The Morgan fingerprint density at radius 2 is 1.72 bits per heavy atom. The molecule has 0 aromatic heterocycles. The summed E-state index contributed by atoms with van der Waals surface area (Å²) in [6, 6.07) is 4.33. The van der Waals surface area contributed by atoms with E-state index in [0.717, 1.165) is 49.0 Å². The summed E-state index contributed by atoms with van der Waals surface area (Å²) in [4.78, 5) is 13.1. The fraction of sp³-hybridized carbons (Fsp3) is 0.682. The Hall–Kier alpha value is -1.51. The minimum Gasteiger partial charge on any atom is -0.495 e. The molecule has 3 aliphatic rings. The number of benzene rings is 1. The van der Waals surface area contributed by atoms with E-state index in [2.05, 4.69) is 24.4 Å². The Kier molecular flexibility index (Phi) is 4.51. The fourth-order valence-electron chi connectivity index (χ4n) is 5.57. The molecule has 3 heteroatoms. The van der Waals surface area contributed by atoms with Crippen LogP contribution in [0.5, 0.6) is 5.75 Å². The van der Waals surface area contributed by atoms with Gasteiger partial charge in [-0.05, 0) is 80.0 Å². The van der Waals surface area contributed by atoms with E-state index in [0.29, 0.717) is 0 Å². The van der Waals surface area contributed by atoms with E-state index < -0.39 is 0 Å². The van der Waals surface area contributed by atoms with Crippen molar-refractivity contribution in [3.8, 4) is 5.75 Å². The van der Waals surface area contributed by atoms with Gasteiger partial charge < -0.3 is 10.1 Å². The second-order valence-corrected chi connectivity index (χ2v) is 8.85. The van der Waals surface area contributed by atoms with Crippen LogP contribution in [0.4, 0.5) is 5.69 Å². The Labute approximate surface area is 151 Å². The SMILES string of the molecule is COc1cc2c(cc1NC(=O)C1(C)C[C@@H]3CC[C@@H](C3)C1)CCCCC2. The molecule has 1 N–H and O–H groups in total. The van der Waals surface area contributed by atoms with Crippen LogP contribution in [0.1, 0.15) is 69.4 Å². The highest BCUT2D eigenvalue weighted by Gasteiger charge is 2.45. The second-order valence-electron chi connectivity index (χ2n) is 8.85. The average Bonchev–Trinajstić information content (AvgIpc) is 2.81. The van der Waals surface area contributed by atoms with Crippen LogP contribution in [0.15, 0.2) is 12.1 Å². The van der Waals surface area contributed by atoms with Gasteiger partial charge in [0.25, 0.3) is 0 Å². The number of anilines is 1. The molecule has 1 aromatic rings. The Morgan fingerprint density at radius 3 is 2.36 bits per heavy atom. The van der Waals surface area contributed by atoms with Crippen LogP contribution in [0.3, 0.4) is 0 Å². The van der Waals surface area contributed by atoms with E-state index in [-0.39, 0.29) is 11.3 Å². The monoisotopic (exact) mass is 341 g/mol. The van der Waals surface area contributed by atoms with E-state index in [4.69, 9.17) is 4.74 Å². The first kappa shape index (κ1) is 16.9. The zero-order valence-electron chi connectivity index (χ0n) is 15.7. The van der Waals surface area contributed by atoms with E-state index in [1.807, 2.05) is 0 Å². The highest BCUT2D eigenvalue weighted by Crippen LogP contribution is 2.51. The van der Waals surface area contributed by atoms with Crippen LogP contribution < -0.4 is 10.1 Å². The lowest BCUT2D eigenvalue weighted by atomic mass is 9.69. The molecule has 1 aromatic carbocycles. The lowest BCUT2D eigenvalue weighted by Crippen LogP contribution is -2.38. The van der Waals surface area contributed by atoms with Crippen LogP contribution >= 0.6 is 0 Å². The third kappa shape index (κ3) is 3.30. The van der Waals surface area contributed by atoms with Gasteiger partial charge in [0.15, 0.2) is 0 Å². The lowest BCUT2D eigenvalue weighted by Gasteiger charge is -2.36. The van der Waals surface area contributed by atoms with Crippen LogP contribution in [0.2, 0.25) is 0 Å². The van der Waals surface area contributed by atoms with Crippen LogP contribution in [-0.2, 0) is 17.6 Å². The molecule has 25 heavy (non-hydrogen) atoms. The number of amides is 1. The van der Waals surface area contributed by atoms with Gasteiger partial charge in [-0.2, -0.15) is 0 Å². The van der Waals surface area contributed by atoms with E-state index in [1.165, 1.54) is 49.7 Å². The van der Waals surface area contributed by atoms with Crippen molar-refractivity contribution in [3.63, 3.8) is 0 Å². The van der Waals surface area contributed by atoms with E-state index in [9.17, 15) is 4.79 Å². The molecule has 136 valence electrons. The van der Waals surface area contributed by atoms with Crippen molar-refractivity contribution >= 4 is 11.6 Å².